The van der Waals surface area contributed by atoms with Gasteiger partial charge in [0.2, 0.25) is 0 Å². The number of ether oxygens (including phenoxy) is 1. The topological polar surface area (TPSA) is 55.4 Å². The molecule has 0 saturated heterocycles. The van der Waals surface area contributed by atoms with E-state index < -0.39 is 11.6 Å². The zero-order valence-electron chi connectivity index (χ0n) is 12.5. The van der Waals surface area contributed by atoms with Gasteiger partial charge in [0.1, 0.15) is 12.1 Å². The fraction of sp³-hybridized carbons (Fsp3) is 0.294. The summed E-state index contributed by atoms with van der Waals surface area (Å²) in [4.78, 5) is 23.8. The number of benzene rings is 2. The largest absolute Gasteiger partial charge is 0.459 e. The van der Waals surface area contributed by atoms with Crippen LogP contribution in [0.3, 0.4) is 0 Å². The molecule has 0 atom stereocenters. The SMILES string of the molecule is CC(C)(C)OC(=O)CNC(=O)c1cccc2ccccc12. The summed E-state index contributed by atoms with van der Waals surface area (Å²) in [5, 5.41) is 4.45. The molecule has 0 radical (unpaired) electrons. The lowest BCUT2D eigenvalue weighted by Crippen LogP contribution is -2.34. The van der Waals surface area contributed by atoms with Gasteiger partial charge in [-0.1, -0.05) is 36.4 Å². The number of rotatable bonds is 3. The van der Waals surface area contributed by atoms with E-state index in [1.807, 2.05) is 36.4 Å². The van der Waals surface area contributed by atoms with Gasteiger partial charge in [0.15, 0.2) is 0 Å². The van der Waals surface area contributed by atoms with E-state index in [1.165, 1.54) is 0 Å². The molecule has 0 saturated carbocycles. The molecule has 0 aliphatic rings. The van der Waals surface area contributed by atoms with Gasteiger partial charge in [-0.3, -0.25) is 9.59 Å². The van der Waals surface area contributed by atoms with Crippen LogP contribution in [0.2, 0.25) is 0 Å². The Balaban J connectivity index is 2.08. The number of esters is 1. The van der Waals surface area contributed by atoms with Crippen molar-refractivity contribution >= 4 is 22.6 Å². The highest BCUT2D eigenvalue weighted by molar-refractivity contribution is 6.07. The lowest BCUT2D eigenvalue weighted by atomic mass is 10.0. The van der Waals surface area contributed by atoms with E-state index in [-0.39, 0.29) is 12.5 Å². The second kappa shape index (κ2) is 5.95. The Hall–Kier alpha value is -2.36. The van der Waals surface area contributed by atoms with Crippen LogP contribution < -0.4 is 5.32 Å². The van der Waals surface area contributed by atoms with E-state index in [2.05, 4.69) is 5.32 Å². The second-order valence-corrected chi connectivity index (χ2v) is 5.80. The molecule has 4 nitrogen and oxygen atoms in total. The minimum atomic E-state index is -0.554. The van der Waals surface area contributed by atoms with Crippen LogP contribution in [-0.2, 0) is 9.53 Å². The van der Waals surface area contributed by atoms with E-state index in [1.54, 1.807) is 26.8 Å². The van der Waals surface area contributed by atoms with Crippen molar-refractivity contribution in [3.8, 4) is 0 Å². The Morgan fingerprint density at radius 2 is 1.71 bits per heavy atom. The lowest BCUT2D eigenvalue weighted by molar-refractivity contribution is -0.153. The Bertz CT molecular complexity index is 666. The van der Waals surface area contributed by atoms with Gasteiger partial charge in [-0.25, -0.2) is 0 Å². The molecule has 0 aliphatic carbocycles. The summed E-state index contributed by atoms with van der Waals surface area (Å²) in [6, 6.07) is 13.1. The van der Waals surface area contributed by atoms with E-state index in [0.717, 1.165) is 10.8 Å². The summed E-state index contributed by atoms with van der Waals surface area (Å²) < 4.78 is 5.16. The molecule has 1 N–H and O–H groups in total. The van der Waals surface area contributed by atoms with Crippen LogP contribution in [0.25, 0.3) is 10.8 Å². The van der Waals surface area contributed by atoms with E-state index in [0.29, 0.717) is 5.56 Å². The fourth-order valence-electron chi connectivity index (χ4n) is 2.05. The van der Waals surface area contributed by atoms with Crippen molar-refractivity contribution < 1.29 is 14.3 Å². The monoisotopic (exact) mass is 285 g/mol. The number of fused-ring (bicyclic) bond motifs is 1. The highest BCUT2D eigenvalue weighted by Crippen LogP contribution is 2.18. The molecule has 0 aromatic heterocycles. The Morgan fingerprint density at radius 3 is 2.43 bits per heavy atom. The van der Waals surface area contributed by atoms with Crippen molar-refractivity contribution in [1.82, 2.24) is 5.32 Å². The summed E-state index contributed by atoms with van der Waals surface area (Å²) in [5.41, 5.74) is -0.00185. The average molecular weight is 285 g/mol. The number of hydrogen-bond acceptors (Lipinski definition) is 3. The van der Waals surface area contributed by atoms with Crippen molar-refractivity contribution in [2.75, 3.05) is 6.54 Å². The van der Waals surface area contributed by atoms with Gasteiger partial charge in [0, 0.05) is 5.56 Å². The number of nitrogens with one attached hydrogen (secondary N) is 1. The van der Waals surface area contributed by atoms with Gasteiger partial charge in [-0.05, 0) is 37.6 Å². The van der Waals surface area contributed by atoms with Crippen molar-refractivity contribution in [2.45, 2.75) is 26.4 Å². The Kier molecular flexibility index (Phi) is 4.26. The van der Waals surface area contributed by atoms with Crippen LogP contribution in [0.15, 0.2) is 42.5 Å². The van der Waals surface area contributed by atoms with E-state index in [9.17, 15) is 9.59 Å². The summed E-state index contributed by atoms with van der Waals surface area (Å²) in [7, 11) is 0. The molecule has 4 heteroatoms. The molecule has 1 amide bonds. The molecule has 21 heavy (non-hydrogen) atoms. The molecule has 2 aromatic rings. The van der Waals surface area contributed by atoms with Crippen molar-refractivity contribution in [3.63, 3.8) is 0 Å². The molecule has 0 spiro atoms. The lowest BCUT2D eigenvalue weighted by Gasteiger charge is -2.19. The third kappa shape index (κ3) is 4.05. The van der Waals surface area contributed by atoms with Crippen LogP contribution in [0.4, 0.5) is 0 Å². The molecule has 110 valence electrons. The quantitative estimate of drug-likeness (QED) is 0.882. The average Bonchev–Trinajstić information content (AvgIpc) is 2.42. The minimum Gasteiger partial charge on any atom is -0.459 e. The van der Waals surface area contributed by atoms with Crippen LogP contribution in [0.5, 0.6) is 0 Å². The van der Waals surface area contributed by atoms with Crippen LogP contribution >= 0.6 is 0 Å². The molecule has 2 rings (SSSR count). The summed E-state index contributed by atoms with van der Waals surface area (Å²) in [6.45, 7) is 5.23. The van der Waals surface area contributed by atoms with Gasteiger partial charge in [0.05, 0.1) is 0 Å². The summed E-state index contributed by atoms with van der Waals surface area (Å²) in [6.07, 6.45) is 0. The Labute approximate surface area is 124 Å². The molecule has 0 aliphatic heterocycles. The summed E-state index contributed by atoms with van der Waals surface area (Å²) in [5.74, 6) is -0.728. The molecule has 2 aromatic carbocycles. The van der Waals surface area contributed by atoms with Crippen LogP contribution in [-0.4, -0.2) is 24.0 Å². The first-order chi connectivity index (χ1) is 9.87. The predicted molar refractivity (Wildman–Crippen MR) is 82.1 cm³/mol. The first kappa shape index (κ1) is 15.0. The molecule has 0 heterocycles. The molecule has 0 bridgehead atoms. The molecule has 0 unspecified atom stereocenters. The third-order valence-corrected chi connectivity index (χ3v) is 2.85. The first-order valence-electron chi connectivity index (χ1n) is 6.84. The van der Waals surface area contributed by atoms with Crippen molar-refractivity contribution in [3.05, 3.63) is 48.0 Å². The fourth-order valence-corrected chi connectivity index (χ4v) is 2.05. The second-order valence-electron chi connectivity index (χ2n) is 5.80. The van der Waals surface area contributed by atoms with Crippen molar-refractivity contribution in [1.29, 1.82) is 0 Å². The maximum absolute atomic E-state index is 12.2. The maximum Gasteiger partial charge on any atom is 0.325 e. The molecule has 0 fully saturated rings. The van der Waals surface area contributed by atoms with Gasteiger partial charge in [0.25, 0.3) is 5.91 Å². The molecular formula is C17H19NO3. The Morgan fingerprint density at radius 1 is 1.05 bits per heavy atom. The highest BCUT2D eigenvalue weighted by Gasteiger charge is 2.17. The van der Waals surface area contributed by atoms with Gasteiger partial charge < -0.3 is 10.1 Å². The first-order valence-corrected chi connectivity index (χ1v) is 6.84. The zero-order valence-corrected chi connectivity index (χ0v) is 12.5. The number of amides is 1. The van der Waals surface area contributed by atoms with E-state index in [4.69, 9.17) is 4.74 Å². The van der Waals surface area contributed by atoms with Crippen molar-refractivity contribution in [2.24, 2.45) is 0 Å². The standard InChI is InChI=1S/C17H19NO3/c1-17(2,3)21-15(19)11-18-16(20)14-10-6-8-12-7-4-5-9-13(12)14/h4-10H,11H2,1-3H3,(H,18,20). The maximum atomic E-state index is 12.2. The highest BCUT2D eigenvalue weighted by atomic mass is 16.6. The molecular weight excluding hydrogens is 266 g/mol. The number of carbonyl (C=O) groups excluding carboxylic acids is 2. The van der Waals surface area contributed by atoms with Gasteiger partial charge in [-0.15, -0.1) is 0 Å². The predicted octanol–water partition coefficient (Wildman–Crippen LogP) is 2.91. The number of carbonyl (C=O) groups is 2. The smallest absolute Gasteiger partial charge is 0.325 e. The summed E-state index contributed by atoms with van der Waals surface area (Å²) >= 11 is 0. The van der Waals surface area contributed by atoms with Gasteiger partial charge >= 0.3 is 5.97 Å². The van der Waals surface area contributed by atoms with Gasteiger partial charge in [-0.2, -0.15) is 0 Å². The number of hydrogen-bond donors (Lipinski definition) is 1. The van der Waals surface area contributed by atoms with Crippen LogP contribution in [0, 0.1) is 0 Å². The van der Waals surface area contributed by atoms with E-state index >= 15 is 0 Å². The zero-order chi connectivity index (χ0) is 15.5. The normalized spacial score (nSPS) is 11.2. The van der Waals surface area contributed by atoms with Crippen LogP contribution in [0.1, 0.15) is 31.1 Å². The minimum absolute atomic E-state index is 0.140. The third-order valence-electron chi connectivity index (χ3n) is 2.85.